The first-order chi connectivity index (χ1) is 7.95. The number of hydrogen-bond donors (Lipinski definition) is 1. The summed E-state index contributed by atoms with van der Waals surface area (Å²) in [4.78, 5) is 12.9. The molecule has 1 aromatic heterocycles. The van der Waals surface area contributed by atoms with E-state index in [2.05, 4.69) is 20.8 Å². The highest BCUT2D eigenvalue weighted by molar-refractivity contribution is 9.10. The predicted molar refractivity (Wildman–Crippen MR) is 68.9 cm³/mol. The Balaban J connectivity index is 2.70. The topological polar surface area (TPSA) is 53.7 Å². The molecule has 1 aromatic rings. The zero-order chi connectivity index (χ0) is 13.0. The quantitative estimate of drug-likeness (QED) is 0.877. The largest absolute Gasteiger partial charge is 0.481 e. The van der Waals surface area contributed by atoms with Gasteiger partial charge in [-0.2, -0.15) is 0 Å². The molecule has 0 fully saturated rings. The van der Waals surface area contributed by atoms with Crippen molar-refractivity contribution in [1.29, 1.82) is 0 Å². The van der Waals surface area contributed by atoms with Crippen LogP contribution >= 0.6 is 15.9 Å². The van der Waals surface area contributed by atoms with E-state index in [9.17, 15) is 4.79 Å². The van der Waals surface area contributed by atoms with Gasteiger partial charge in [0.05, 0.1) is 12.0 Å². The summed E-state index contributed by atoms with van der Waals surface area (Å²) in [5.41, 5.74) is 0. The molecule has 96 valence electrons. The Morgan fingerprint density at radius 1 is 1.53 bits per heavy atom. The van der Waals surface area contributed by atoms with Gasteiger partial charge in [-0.15, -0.1) is 0 Å². The molecule has 0 bridgehead atoms. The molecule has 0 spiro atoms. The van der Waals surface area contributed by atoms with Crippen molar-refractivity contribution in [3.63, 3.8) is 0 Å². The summed E-state index contributed by atoms with van der Waals surface area (Å²) >= 11 is 3.27. The summed E-state index contributed by atoms with van der Waals surface area (Å²) in [6.07, 6.45) is 0. The van der Waals surface area contributed by atoms with E-state index in [4.69, 9.17) is 9.52 Å². The van der Waals surface area contributed by atoms with Crippen molar-refractivity contribution in [2.45, 2.75) is 26.8 Å². The van der Waals surface area contributed by atoms with Crippen LogP contribution in [0.3, 0.4) is 0 Å². The molecule has 0 saturated heterocycles. The van der Waals surface area contributed by atoms with Gasteiger partial charge in [0.2, 0.25) is 0 Å². The van der Waals surface area contributed by atoms with Gasteiger partial charge in [0, 0.05) is 6.54 Å². The molecule has 5 heteroatoms. The summed E-state index contributed by atoms with van der Waals surface area (Å²) in [7, 11) is 0. The fourth-order valence-electron chi connectivity index (χ4n) is 1.72. The number of nitrogens with zero attached hydrogens (tertiary/aromatic N) is 1. The van der Waals surface area contributed by atoms with Crippen LogP contribution in [0.5, 0.6) is 0 Å². The van der Waals surface area contributed by atoms with Gasteiger partial charge < -0.3 is 9.52 Å². The van der Waals surface area contributed by atoms with Crippen LogP contribution in [0.25, 0.3) is 0 Å². The van der Waals surface area contributed by atoms with Crippen molar-refractivity contribution in [1.82, 2.24) is 4.90 Å². The molecule has 1 N–H and O–H groups in total. The van der Waals surface area contributed by atoms with E-state index in [0.29, 0.717) is 11.2 Å². The van der Waals surface area contributed by atoms with Gasteiger partial charge in [-0.25, -0.2) is 0 Å². The number of hydrogen-bond acceptors (Lipinski definition) is 3. The Labute approximate surface area is 110 Å². The average molecular weight is 304 g/mol. The minimum atomic E-state index is -0.767. The molecule has 0 aliphatic rings. The minimum absolute atomic E-state index is 0.0769. The van der Waals surface area contributed by atoms with E-state index in [1.807, 2.05) is 26.0 Å². The maximum absolute atomic E-state index is 10.9. The zero-order valence-corrected chi connectivity index (χ0v) is 11.9. The summed E-state index contributed by atoms with van der Waals surface area (Å²) in [6.45, 7) is 7.06. The normalized spacial score (nSPS) is 14.9. The number of carbonyl (C=O) groups is 1. The van der Waals surface area contributed by atoms with Crippen LogP contribution in [-0.2, 0) is 4.79 Å². The molecule has 0 radical (unpaired) electrons. The second-order valence-corrected chi connectivity index (χ2v) is 4.93. The van der Waals surface area contributed by atoms with Gasteiger partial charge in [0.25, 0.3) is 0 Å². The smallest absolute Gasteiger partial charge is 0.307 e. The Morgan fingerprint density at radius 2 is 2.18 bits per heavy atom. The number of halogens is 1. The molecule has 17 heavy (non-hydrogen) atoms. The Kier molecular flexibility index (Phi) is 5.21. The molecule has 0 aromatic carbocycles. The number of carboxylic acid groups (broad SMARTS) is 1. The van der Waals surface area contributed by atoms with Gasteiger partial charge >= 0.3 is 5.97 Å². The lowest BCUT2D eigenvalue weighted by Crippen LogP contribution is -2.33. The molecule has 2 unspecified atom stereocenters. The maximum atomic E-state index is 10.9. The van der Waals surface area contributed by atoms with E-state index >= 15 is 0 Å². The van der Waals surface area contributed by atoms with Crippen LogP contribution in [0.4, 0.5) is 0 Å². The first-order valence-corrected chi connectivity index (χ1v) is 6.47. The number of rotatable bonds is 6. The molecule has 0 saturated carbocycles. The van der Waals surface area contributed by atoms with Crippen molar-refractivity contribution < 1.29 is 14.3 Å². The van der Waals surface area contributed by atoms with Crippen LogP contribution < -0.4 is 0 Å². The fraction of sp³-hybridized carbons (Fsp3) is 0.583. The van der Waals surface area contributed by atoms with Crippen molar-refractivity contribution in [3.05, 3.63) is 22.6 Å². The lowest BCUT2D eigenvalue weighted by Gasteiger charge is -2.27. The van der Waals surface area contributed by atoms with E-state index in [0.717, 1.165) is 12.3 Å². The highest BCUT2D eigenvalue weighted by Crippen LogP contribution is 2.25. The summed E-state index contributed by atoms with van der Waals surface area (Å²) in [5.74, 6) is -0.302. The van der Waals surface area contributed by atoms with Crippen molar-refractivity contribution in [3.8, 4) is 0 Å². The number of carboxylic acids is 1. The van der Waals surface area contributed by atoms with Gasteiger partial charge in [-0.1, -0.05) is 13.8 Å². The molecule has 0 amide bonds. The van der Waals surface area contributed by atoms with Gasteiger partial charge in [-0.05, 0) is 41.5 Å². The van der Waals surface area contributed by atoms with Gasteiger partial charge in [0.15, 0.2) is 4.67 Å². The van der Waals surface area contributed by atoms with Gasteiger partial charge in [-0.3, -0.25) is 9.69 Å². The van der Waals surface area contributed by atoms with Crippen molar-refractivity contribution in [2.24, 2.45) is 5.92 Å². The lowest BCUT2D eigenvalue weighted by molar-refractivity contribution is -0.141. The maximum Gasteiger partial charge on any atom is 0.307 e. The third-order valence-corrected chi connectivity index (χ3v) is 3.32. The zero-order valence-electron chi connectivity index (χ0n) is 10.3. The first kappa shape index (κ1) is 14.3. The second-order valence-electron chi connectivity index (χ2n) is 4.14. The third-order valence-electron chi connectivity index (χ3n) is 2.89. The Bertz CT molecular complexity index is 378. The first-order valence-electron chi connectivity index (χ1n) is 5.67. The molecule has 1 heterocycles. The standard InChI is InChI=1S/C12H18BrNO3/c1-4-14(7-8(2)12(15)16)9(3)10-5-6-11(13)17-10/h5-6,8-9H,4,7H2,1-3H3,(H,15,16). The molecular weight excluding hydrogens is 286 g/mol. The number of aliphatic carboxylic acids is 1. The van der Waals surface area contributed by atoms with Crippen molar-refractivity contribution in [2.75, 3.05) is 13.1 Å². The van der Waals surface area contributed by atoms with Crippen LogP contribution in [-0.4, -0.2) is 29.1 Å². The van der Waals surface area contributed by atoms with Crippen LogP contribution in [0, 0.1) is 5.92 Å². The highest BCUT2D eigenvalue weighted by Gasteiger charge is 2.22. The molecule has 0 aliphatic heterocycles. The lowest BCUT2D eigenvalue weighted by atomic mass is 10.1. The number of furan rings is 1. The van der Waals surface area contributed by atoms with E-state index in [-0.39, 0.29) is 12.0 Å². The molecule has 4 nitrogen and oxygen atoms in total. The third kappa shape index (κ3) is 3.85. The fourth-order valence-corrected chi connectivity index (χ4v) is 2.04. The molecule has 2 atom stereocenters. The van der Waals surface area contributed by atoms with E-state index in [1.54, 1.807) is 6.92 Å². The molecule has 0 aliphatic carbocycles. The van der Waals surface area contributed by atoms with Gasteiger partial charge in [0.1, 0.15) is 5.76 Å². The van der Waals surface area contributed by atoms with Crippen LogP contribution in [0.15, 0.2) is 21.2 Å². The van der Waals surface area contributed by atoms with E-state index < -0.39 is 5.97 Å². The summed E-state index contributed by atoms with van der Waals surface area (Å²) in [5, 5.41) is 8.93. The summed E-state index contributed by atoms with van der Waals surface area (Å²) in [6, 6.07) is 3.83. The van der Waals surface area contributed by atoms with E-state index in [1.165, 1.54) is 0 Å². The second kappa shape index (κ2) is 6.21. The Hall–Kier alpha value is -0.810. The Morgan fingerprint density at radius 3 is 2.59 bits per heavy atom. The average Bonchev–Trinajstić information content (AvgIpc) is 2.71. The van der Waals surface area contributed by atoms with Crippen LogP contribution in [0.2, 0.25) is 0 Å². The highest BCUT2D eigenvalue weighted by atomic mass is 79.9. The molecular formula is C12H18BrNO3. The monoisotopic (exact) mass is 303 g/mol. The summed E-state index contributed by atoms with van der Waals surface area (Å²) < 4.78 is 6.19. The molecule has 1 rings (SSSR count). The van der Waals surface area contributed by atoms with Crippen LogP contribution in [0.1, 0.15) is 32.6 Å². The predicted octanol–water partition coefficient (Wildman–Crippen LogP) is 3.15. The van der Waals surface area contributed by atoms with Crippen molar-refractivity contribution >= 4 is 21.9 Å². The minimum Gasteiger partial charge on any atom is -0.481 e. The SMILES string of the molecule is CCN(CC(C)C(=O)O)C(C)c1ccc(Br)o1.